The maximum absolute atomic E-state index is 10.7. The smallest absolute Gasteiger partial charge is 0.337 e. The van der Waals surface area contributed by atoms with Crippen molar-refractivity contribution in [1.29, 1.82) is 0 Å². The number of rotatable bonds is 4. The van der Waals surface area contributed by atoms with Crippen LogP contribution in [-0.2, 0) is 0 Å². The number of anilines is 1. The maximum Gasteiger partial charge on any atom is 0.337 e. The number of hydrogen-bond donors (Lipinski definition) is 2. The van der Waals surface area contributed by atoms with E-state index in [2.05, 4.69) is 16.9 Å². The molecule has 0 fully saturated rings. The van der Waals surface area contributed by atoms with Gasteiger partial charge in [0.15, 0.2) is 0 Å². The molecule has 0 saturated carbocycles. The molecule has 2 N–H and O–H groups in total. The van der Waals surface area contributed by atoms with Crippen LogP contribution in [-0.4, -0.2) is 22.6 Å². The second-order valence-corrected chi connectivity index (χ2v) is 2.93. The van der Waals surface area contributed by atoms with Crippen LogP contribution in [0.3, 0.4) is 0 Å². The Bertz CT molecular complexity index is 366. The fraction of sp³-hybridized carbons (Fsp3) is 0.111. The Labute approximate surface area is 86.2 Å². The molecule has 1 heterocycles. The van der Waals surface area contributed by atoms with Crippen molar-refractivity contribution < 1.29 is 9.90 Å². The van der Waals surface area contributed by atoms with Crippen molar-refractivity contribution >= 4 is 23.4 Å². The zero-order chi connectivity index (χ0) is 10.6. The molecule has 14 heavy (non-hydrogen) atoms. The summed E-state index contributed by atoms with van der Waals surface area (Å²) in [7, 11) is 0. The molecular formula is C9H9ClN2O2. The first kappa shape index (κ1) is 10.5. The van der Waals surface area contributed by atoms with Crippen molar-refractivity contribution in [3.8, 4) is 0 Å². The van der Waals surface area contributed by atoms with Crippen molar-refractivity contribution in [2.45, 2.75) is 0 Å². The minimum absolute atomic E-state index is 0.0354. The van der Waals surface area contributed by atoms with Crippen molar-refractivity contribution in [3.63, 3.8) is 0 Å². The Morgan fingerprint density at radius 1 is 1.79 bits per heavy atom. The van der Waals surface area contributed by atoms with Crippen molar-refractivity contribution in [2.24, 2.45) is 0 Å². The number of carbonyl (C=O) groups is 1. The number of carboxylic acids is 1. The van der Waals surface area contributed by atoms with Crippen LogP contribution in [0.15, 0.2) is 24.9 Å². The maximum atomic E-state index is 10.7. The summed E-state index contributed by atoms with van der Waals surface area (Å²) in [6.07, 6.45) is 2.95. The molecule has 0 aliphatic rings. The van der Waals surface area contributed by atoms with Gasteiger partial charge in [0.2, 0.25) is 0 Å². The molecule has 4 nitrogen and oxygen atoms in total. The summed E-state index contributed by atoms with van der Waals surface area (Å²) < 4.78 is 0. The zero-order valence-corrected chi connectivity index (χ0v) is 8.08. The van der Waals surface area contributed by atoms with Crippen LogP contribution in [0, 0.1) is 0 Å². The SMILES string of the molecule is C=CCNc1cc(C(=O)O)c(Cl)cn1. The highest BCUT2D eigenvalue weighted by atomic mass is 35.5. The molecule has 0 amide bonds. The van der Waals surface area contributed by atoms with Crippen LogP contribution in [0.2, 0.25) is 5.02 Å². The van der Waals surface area contributed by atoms with Crippen LogP contribution in [0.4, 0.5) is 5.82 Å². The van der Waals surface area contributed by atoms with Crippen LogP contribution in [0.5, 0.6) is 0 Å². The number of carboxylic acid groups (broad SMARTS) is 1. The van der Waals surface area contributed by atoms with Gasteiger partial charge in [-0.1, -0.05) is 17.7 Å². The van der Waals surface area contributed by atoms with E-state index in [0.29, 0.717) is 12.4 Å². The minimum atomic E-state index is -1.07. The van der Waals surface area contributed by atoms with E-state index in [0.717, 1.165) is 0 Å². The van der Waals surface area contributed by atoms with E-state index < -0.39 is 5.97 Å². The van der Waals surface area contributed by atoms with Gasteiger partial charge in [-0.15, -0.1) is 6.58 Å². The molecular weight excluding hydrogens is 204 g/mol. The molecule has 5 heteroatoms. The van der Waals surface area contributed by atoms with Gasteiger partial charge in [-0.25, -0.2) is 9.78 Å². The molecule has 0 spiro atoms. The predicted octanol–water partition coefficient (Wildman–Crippen LogP) is 2.03. The predicted molar refractivity (Wildman–Crippen MR) is 54.9 cm³/mol. The molecule has 0 saturated heterocycles. The monoisotopic (exact) mass is 212 g/mol. The largest absolute Gasteiger partial charge is 0.478 e. The molecule has 1 rings (SSSR count). The summed E-state index contributed by atoms with van der Waals surface area (Å²) in [5.41, 5.74) is 0.0354. The highest BCUT2D eigenvalue weighted by Crippen LogP contribution is 2.17. The Kier molecular flexibility index (Phi) is 3.48. The molecule has 1 aromatic rings. The highest BCUT2D eigenvalue weighted by molar-refractivity contribution is 6.33. The van der Waals surface area contributed by atoms with Gasteiger partial charge >= 0.3 is 5.97 Å². The fourth-order valence-corrected chi connectivity index (χ4v) is 1.06. The molecule has 0 aliphatic heterocycles. The van der Waals surface area contributed by atoms with E-state index in [-0.39, 0.29) is 10.6 Å². The lowest BCUT2D eigenvalue weighted by atomic mass is 10.2. The molecule has 0 atom stereocenters. The molecule has 1 aromatic heterocycles. The quantitative estimate of drug-likeness (QED) is 0.750. The number of hydrogen-bond acceptors (Lipinski definition) is 3. The summed E-state index contributed by atoms with van der Waals surface area (Å²) in [5.74, 6) is -0.606. The summed E-state index contributed by atoms with van der Waals surface area (Å²) in [6.45, 7) is 4.04. The number of halogens is 1. The second-order valence-electron chi connectivity index (χ2n) is 2.52. The molecule has 0 aromatic carbocycles. The van der Waals surface area contributed by atoms with E-state index in [1.807, 2.05) is 0 Å². The molecule has 0 unspecified atom stereocenters. The van der Waals surface area contributed by atoms with Crippen LogP contribution >= 0.6 is 11.6 Å². The fourth-order valence-electron chi connectivity index (χ4n) is 0.876. The number of nitrogens with zero attached hydrogens (tertiary/aromatic N) is 1. The summed E-state index contributed by atoms with van der Waals surface area (Å²) in [4.78, 5) is 14.6. The molecule has 0 aliphatic carbocycles. The van der Waals surface area contributed by atoms with Gasteiger partial charge in [0.05, 0.1) is 10.6 Å². The van der Waals surface area contributed by atoms with Gasteiger partial charge in [0.1, 0.15) is 5.82 Å². The van der Waals surface area contributed by atoms with Gasteiger partial charge in [-0.3, -0.25) is 0 Å². The number of aromatic nitrogens is 1. The van der Waals surface area contributed by atoms with Crippen LogP contribution < -0.4 is 5.32 Å². The van der Waals surface area contributed by atoms with E-state index in [1.165, 1.54) is 12.3 Å². The first-order chi connectivity index (χ1) is 6.65. The Morgan fingerprint density at radius 3 is 3.07 bits per heavy atom. The van der Waals surface area contributed by atoms with Crippen molar-refractivity contribution in [1.82, 2.24) is 4.98 Å². The first-order valence-electron chi connectivity index (χ1n) is 3.88. The number of pyridine rings is 1. The zero-order valence-electron chi connectivity index (χ0n) is 7.33. The third kappa shape index (κ3) is 2.47. The van der Waals surface area contributed by atoms with Crippen LogP contribution in [0.25, 0.3) is 0 Å². The van der Waals surface area contributed by atoms with E-state index in [9.17, 15) is 4.79 Å². The summed E-state index contributed by atoms with van der Waals surface area (Å²) in [6, 6.07) is 1.38. The lowest BCUT2D eigenvalue weighted by Gasteiger charge is -2.04. The minimum Gasteiger partial charge on any atom is -0.478 e. The molecule has 0 radical (unpaired) electrons. The average molecular weight is 213 g/mol. The van der Waals surface area contributed by atoms with Crippen molar-refractivity contribution in [2.75, 3.05) is 11.9 Å². The van der Waals surface area contributed by atoms with Gasteiger partial charge in [-0.2, -0.15) is 0 Å². The Hall–Kier alpha value is -1.55. The first-order valence-corrected chi connectivity index (χ1v) is 4.26. The third-order valence-electron chi connectivity index (χ3n) is 1.51. The van der Waals surface area contributed by atoms with Gasteiger partial charge in [0.25, 0.3) is 0 Å². The summed E-state index contributed by atoms with van der Waals surface area (Å²) in [5, 5.41) is 11.7. The topological polar surface area (TPSA) is 62.2 Å². The molecule has 0 bridgehead atoms. The lowest BCUT2D eigenvalue weighted by molar-refractivity contribution is 0.0697. The van der Waals surface area contributed by atoms with Crippen molar-refractivity contribution in [3.05, 3.63) is 35.5 Å². The number of aromatic carboxylic acids is 1. The Balaban J connectivity index is 2.94. The van der Waals surface area contributed by atoms with E-state index in [4.69, 9.17) is 16.7 Å². The van der Waals surface area contributed by atoms with Gasteiger partial charge < -0.3 is 10.4 Å². The normalized spacial score (nSPS) is 9.50. The van der Waals surface area contributed by atoms with E-state index >= 15 is 0 Å². The molecule has 74 valence electrons. The average Bonchev–Trinajstić information content (AvgIpc) is 2.16. The van der Waals surface area contributed by atoms with Crippen LogP contribution in [0.1, 0.15) is 10.4 Å². The van der Waals surface area contributed by atoms with Gasteiger partial charge in [0, 0.05) is 12.7 Å². The lowest BCUT2D eigenvalue weighted by Crippen LogP contribution is -2.04. The summed E-state index contributed by atoms with van der Waals surface area (Å²) >= 11 is 5.63. The standard InChI is InChI=1S/C9H9ClN2O2/c1-2-3-11-8-4-6(9(13)14)7(10)5-12-8/h2,4-5H,1,3H2,(H,11,12)(H,13,14). The highest BCUT2D eigenvalue weighted by Gasteiger charge is 2.09. The Morgan fingerprint density at radius 2 is 2.50 bits per heavy atom. The van der Waals surface area contributed by atoms with Gasteiger partial charge in [-0.05, 0) is 6.07 Å². The third-order valence-corrected chi connectivity index (χ3v) is 1.81. The van der Waals surface area contributed by atoms with E-state index in [1.54, 1.807) is 6.08 Å². The second kappa shape index (κ2) is 4.62. The number of nitrogens with one attached hydrogen (secondary N) is 1.